The molecule has 3 unspecified atom stereocenters. The van der Waals surface area contributed by atoms with Crippen molar-refractivity contribution in [3.8, 4) is 0 Å². The SMILES string of the molecule is CCC1CCC(C)N1CCC(O)c1ccc(Br)cc1. The molecule has 1 aliphatic rings. The van der Waals surface area contributed by atoms with Crippen molar-refractivity contribution in [3.05, 3.63) is 34.3 Å². The molecule has 0 aromatic heterocycles. The van der Waals surface area contributed by atoms with Crippen molar-refractivity contribution in [2.45, 2.75) is 57.7 Å². The standard InChI is InChI=1S/C16H24BrNO/c1-3-15-9-4-12(2)18(15)11-10-16(19)13-5-7-14(17)8-6-13/h5-8,12,15-16,19H,3-4,9-11H2,1-2H3. The van der Waals surface area contributed by atoms with Crippen LogP contribution in [0.2, 0.25) is 0 Å². The summed E-state index contributed by atoms with van der Waals surface area (Å²) in [6.07, 6.45) is 4.30. The van der Waals surface area contributed by atoms with E-state index in [1.165, 1.54) is 19.3 Å². The van der Waals surface area contributed by atoms with Gasteiger partial charge in [0.25, 0.3) is 0 Å². The van der Waals surface area contributed by atoms with Crippen LogP contribution in [0.5, 0.6) is 0 Å². The molecule has 1 saturated heterocycles. The van der Waals surface area contributed by atoms with Crippen LogP contribution in [-0.4, -0.2) is 28.6 Å². The monoisotopic (exact) mass is 325 g/mol. The number of nitrogens with zero attached hydrogens (tertiary/aromatic N) is 1. The molecule has 1 N–H and O–H groups in total. The lowest BCUT2D eigenvalue weighted by Crippen LogP contribution is -2.35. The minimum Gasteiger partial charge on any atom is -0.388 e. The number of rotatable bonds is 5. The summed E-state index contributed by atoms with van der Waals surface area (Å²) in [4.78, 5) is 2.57. The minimum absolute atomic E-state index is 0.349. The third-order valence-electron chi connectivity index (χ3n) is 4.34. The Balaban J connectivity index is 1.89. The number of hydrogen-bond donors (Lipinski definition) is 1. The Morgan fingerprint density at radius 2 is 2.00 bits per heavy atom. The first-order chi connectivity index (χ1) is 9.11. The molecule has 1 heterocycles. The summed E-state index contributed by atoms with van der Waals surface area (Å²) >= 11 is 3.42. The highest BCUT2D eigenvalue weighted by molar-refractivity contribution is 9.10. The third-order valence-corrected chi connectivity index (χ3v) is 4.87. The van der Waals surface area contributed by atoms with Gasteiger partial charge in [-0.3, -0.25) is 4.90 Å². The lowest BCUT2D eigenvalue weighted by molar-refractivity contribution is 0.123. The summed E-state index contributed by atoms with van der Waals surface area (Å²) in [7, 11) is 0. The van der Waals surface area contributed by atoms with Gasteiger partial charge in [0.05, 0.1) is 6.10 Å². The first kappa shape index (κ1) is 15.0. The van der Waals surface area contributed by atoms with Crippen LogP contribution in [-0.2, 0) is 0 Å². The topological polar surface area (TPSA) is 23.5 Å². The fourth-order valence-corrected chi connectivity index (χ4v) is 3.35. The Kier molecular flexibility index (Phi) is 5.43. The molecule has 0 saturated carbocycles. The normalized spacial score (nSPS) is 25.7. The minimum atomic E-state index is -0.349. The molecule has 1 aliphatic heterocycles. The number of aliphatic hydroxyl groups is 1. The van der Waals surface area contributed by atoms with Gasteiger partial charge in [-0.1, -0.05) is 35.0 Å². The highest BCUT2D eigenvalue weighted by Crippen LogP contribution is 2.28. The average molecular weight is 326 g/mol. The van der Waals surface area contributed by atoms with Gasteiger partial charge in [0, 0.05) is 23.1 Å². The van der Waals surface area contributed by atoms with E-state index in [1.54, 1.807) is 0 Å². The zero-order valence-electron chi connectivity index (χ0n) is 11.8. The molecule has 0 amide bonds. The molecule has 3 heteroatoms. The largest absolute Gasteiger partial charge is 0.388 e. The molecule has 2 nitrogen and oxygen atoms in total. The fraction of sp³-hybridized carbons (Fsp3) is 0.625. The lowest BCUT2D eigenvalue weighted by atomic mass is 10.1. The maximum atomic E-state index is 10.3. The molecule has 19 heavy (non-hydrogen) atoms. The molecule has 0 spiro atoms. The van der Waals surface area contributed by atoms with Gasteiger partial charge in [0.15, 0.2) is 0 Å². The van der Waals surface area contributed by atoms with E-state index in [1.807, 2.05) is 24.3 Å². The first-order valence-corrected chi connectivity index (χ1v) is 8.10. The van der Waals surface area contributed by atoms with Crippen molar-refractivity contribution in [1.29, 1.82) is 0 Å². The second-order valence-corrected chi connectivity index (χ2v) is 6.50. The van der Waals surface area contributed by atoms with E-state index in [-0.39, 0.29) is 6.10 Å². The van der Waals surface area contributed by atoms with Crippen LogP contribution in [0.3, 0.4) is 0 Å². The number of aliphatic hydroxyl groups excluding tert-OH is 1. The molecule has 0 radical (unpaired) electrons. The van der Waals surface area contributed by atoms with Crippen LogP contribution < -0.4 is 0 Å². The predicted molar refractivity (Wildman–Crippen MR) is 83.2 cm³/mol. The van der Waals surface area contributed by atoms with Crippen molar-refractivity contribution in [1.82, 2.24) is 4.90 Å². The van der Waals surface area contributed by atoms with Crippen molar-refractivity contribution >= 4 is 15.9 Å². The van der Waals surface area contributed by atoms with E-state index < -0.39 is 0 Å². The summed E-state index contributed by atoms with van der Waals surface area (Å²) in [5, 5.41) is 10.3. The molecule has 2 rings (SSSR count). The van der Waals surface area contributed by atoms with Crippen LogP contribution in [0.4, 0.5) is 0 Å². The van der Waals surface area contributed by atoms with Gasteiger partial charge in [-0.05, 0) is 50.3 Å². The smallest absolute Gasteiger partial charge is 0.0802 e. The average Bonchev–Trinajstić information content (AvgIpc) is 2.77. The second-order valence-electron chi connectivity index (χ2n) is 5.58. The van der Waals surface area contributed by atoms with Crippen LogP contribution in [0.1, 0.15) is 51.2 Å². The number of hydrogen-bond acceptors (Lipinski definition) is 2. The molecule has 1 fully saturated rings. The molecule has 1 aromatic rings. The molecule has 106 valence electrons. The van der Waals surface area contributed by atoms with Crippen LogP contribution >= 0.6 is 15.9 Å². The molecule has 0 aliphatic carbocycles. The van der Waals surface area contributed by atoms with Gasteiger partial charge in [-0.25, -0.2) is 0 Å². The molecule has 3 atom stereocenters. The van der Waals surface area contributed by atoms with E-state index in [9.17, 15) is 5.11 Å². The lowest BCUT2D eigenvalue weighted by Gasteiger charge is -2.28. The Hall–Kier alpha value is -0.380. The molecular weight excluding hydrogens is 302 g/mol. The Labute approximate surface area is 124 Å². The van der Waals surface area contributed by atoms with Crippen LogP contribution in [0.25, 0.3) is 0 Å². The van der Waals surface area contributed by atoms with Crippen LogP contribution in [0.15, 0.2) is 28.7 Å². The van der Waals surface area contributed by atoms with Crippen molar-refractivity contribution in [2.24, 2.45) is 0 Å². The molecule has 1 aromatic carbocycles. The first-order valence-electron chi connectivity index (χ1n) is 7.31. The van der Waals surface area contributed by atoms with Gasteiger partial charge in [0.2, 0.25) is 0 Å². The number of likely N-dealkylation sites (tertiary alicyclic amines) is 1. The number of halogens is 1. The Morgan fingerprint density at radius 1 is 1.32 bits per heavy atom. The summed E-state index contributed by atoms with van der Waals surface area (Å²) in [6.45, 7) is 5.57. The van der Waals surface area contributed by atoms with E-state index >= 15 is 0 Å². The van der Waals surface area contributed by atoms with Gasteiger partial charge in [-0.2, -0.15) is 0 Å². The highest BCUT2D eigenvalue weighted by atomic mass is 79.9. The highest BCUT2D eigenvalue weighted by Gasteiger charge is 2.29. The molecule has 0 bridgehead atoms. The van der Waals surface area contributed by atoms with E-state index in [0.717, 1.165) is 23.0 Å². The zero-order valence-corrected chi connectivity index (χ0v) is 13.4. The van der Waals surface area contributed by atoms with Gasteiger partial charge >= 0.3 is 0 Å². The predicted octanol–water partition coefficient (Wildman–Crippen LogP) is 4.14. The summed E-state index contributed by atoms with van der Waals surface area (Å²) in [6, 6.07) is 9.37. The quantitative estimate of drug-likeness (QED) is 0.879. The van der Waals surface area contributed by atoms with Gasteiger partial charge < -0.3 is 5.11 Å². The van der Waals surface area contributed by atoms with E-state index in [4.69, 9.17) is 0 Å². The second kappa shape index (κ2) is 6.87. The Morgan fingerprint density at radius 3 is 2.63 bits per heavy atom. The maximum absolute atomic E-state index is 10.3. The number of benzene rings is 1. The van der Waals surface area contributed by atoms with E-state index in [0.29, 0.717) is 12.1 Å². The summed E-state index contributed by atoms with van der Waals surface area (Å²) < 4.78 is 1.06. The third kappa shape index (κ3) is 3.80. The molecular formula is C16H24BrNO. The van der Waals surface area contributed by atoms with Crippen LogP contribution in [0, 0.1) is 0 Å². The maximum Gasteiger partial charge on any atom is 0.0802 e. The van der Waals surface area contributed by atoms with Crippen molar-refractivity contribution in [3.63, 3.8) is 0 Å². The van der Waals surface area contributed by atoms with Gasteiger partial charge in [-0.15, -0.1) is 0 Å². The van der Waals surface area contributed by atoms with E-state index in [2.05, 4.69) is 34.7 Å². The zero-order chi connectivity index (χ0) is 13.8. The van der Waals surface area contributed by atoms with Crippen molar-refractivity contribution < 1.29 is 5.11 Å². The van der Waals surface area contributed by atoms with Gasteiger partial charge in [0.1, 0.15) is 0 Å². The summed E-state index contributed by atoms with van der Waals surface area (Å²) in [5.41, 5.74) is 1.02. The Bertz CT molecular complexity index is 392. The van der Waals surface area contributed by atoms with Crippen molar-refractivity contribution in [2.75, 3.05) is 6.54 Å². The fourth-order valence-electron chi connectivity index (χ4n) is 3.09. The summed E-state index contributed by atoms with van der Waals surface area (Å²) in [5.74, 6) is 0.